The van der Waals surface area contributed by atoms with E-state index in [1.165, 1.54) is 4.68 Å². The number of nitrogens with zero attached hydrogens (tertiary/aromatic N) is 2. The summed E-state index contributed by atoms with van der Waals surface area (Å²) in [4.78, 5) is 0. The van der Waals surface area contributed by atoms with E-state index in [1.54, 1.807) is 24.3 Å². The summed E-state index contributed by atoms with van der Waals surface area (Å²) in [7, 11) is 0. The molecule has 96 valence electrons. The van der Waals surface area contributed by atoms with Gasteiger partial charge in [0.25, 0.3) is 0 Å². The molecule has 1 aliphatic carbocycles. The van der Waals surface area contributed by atoms with E-state index < -0.39 is 11.7 Å². The molecule has 0 bridgehead atoms. The molecule has 6 heteroatoms. The zero-order valence-electron chi connectivity index (χ0n) is 9.35. The van der Waals surface area contributed by atoms with E-state index in [9.17, 15) is 13.2 Å². The predicted octanol–water partition coefficient (Wildman–Crippen LogP) is 2.62. The largest absolute Gasteiger partial charge is 0.419 e. The molecule has 0 radical (unpaired) electrons. The topological polar surface area (TPSA) is 38.0 Å². The van der Waals surface area contributed by atoms with Crippen molar-refractivity contribution in [1.82, 2.24) is 9.78 Å². The van der Waals surface area contributed by atoms with Crippen molar-refractivity contribution in [1.29, 1.82) is 0 Å². The normalized spacial score (nSPS) is 16.2. The van der Waals surface area contributed by atoms with Gasteiger partial charge in [-0.2, -0.15) is 18.3 Å². The van der Waals surface area contributed by atoms with Crippen LogP contribution in [0.2, 0.25) is 0 Å². The number of aliphatic hydroxyl groups excluding tert-OH is 1. The predicted molar refractivity (Wildman–Crippen MR) is 60.4 cm³/mol. The van der Waals surface area contributed by atoms with Crippen molar-refractivity contribution < 1.29 is 18.3 Å². The molecule has 1 aromatic heterocycles. The fourth-order valence-electron chi connectivity index (χ4n) is 1.56. The molecule has 0 aromatic carbocycles. The van der Waals surface area contributed by atoms with Gasteiger partial charge in [-0.05, 0) is 18.1 Å². The van der Waals surface area contributed by atoms with Crippen molar-refractivity contribution in [2.24, 2.45) is 0 Å². The first-order chi connectivity index (χ1) is 8.50. The molecule has 1 aliphatic rings. The number of aliphatic hydroxyl groups is 1. The van der Waals surface area contributed by atoms with E-state index in [1.807, 2.05) is 0 Å². The number of hydrogen-bond donors (Lipinski definition) is 1. The molecular weight excluding hydrogens is 245 g/mol. The van der Waals surface area contributed by atoms with E-state index in [0.717, 1.165) is 18.0 Å². The maximum absolute atomic E-state index is 12.4. The average molecular weight is 256 g/mol. The van der Waals surface area contributed by atoms with Gasteiger partial charge >= 0.3 is 6.18 Å². The lowest BCUT2D eigenvalue weighted by Gasteiger charge is -2.02. The summed E-state index contributed by atoms with van der Waals surface area (Å²) in [5.41, 5.74) is 0.492. The van der Waals surface area contributed by atoms with E-state index in [2.05, 4.69) is 5.10 Å². The van der Waals surface area contributed by atoms with Gasteiger partial charge in [0.2, 0.25) is 0 Å². The van der Waals surface area contributed by atoms with Crippen LogP contribution in [-0.2, 0) is 6.18 Å². The lowest BCUT2D eigenvalue weighted by molar-refractivity contribution is -0.137. The summed E-state index contributed by atoms with van der Waals surface area (Å²) in [6.45, 7) is -0.0927. The van der Waals surface area contributed by atoms with Gasteiger partial charge in [0.1, 0.15) is 0 Å². The standard InChI is InChI=1S/C12H11F3N2O/c13-12(14,15)10-6-16-17(7-10)11-3-1-2-9(8-18)4-5-11/h2-7,18H,1,8H2. The van der Waals surface area contributed by atoms with Crippen molar-refractivity contribution in [2.75, 3.05) is 6.61 Å². The maximum atomic E-state index is 12.4. The van der Waals surface area contributed by atoms with Crippen LogP contribution in [0.15, 0.2) is 42.3 Å². The highest BCUT2D eigenvalue weighted by molar-refractivity contribution is 5.59. The molecule has 0 aliphatic heterocycles. The molecule has 0 atom stereocenters. The van der Waals surface area contributed by atoms with Crippen molar-refractivity contribution in [3.63, 3.8) is 0 Å². The molecule has 2 rings (SSSR count). The molecule has 0 saturated heterocycles. The van der Waals surface area contributed by atoms with E-state index in [0.29, 0.717) is 12.1 Å². The zero-order chi connectivity index (χ0) is 13.2. The first kappa shape index (κ1) is 12.6. The SMILES string of the molecule is OCC1=CCC=C(n2cc(C(F)(F)F)cn2)C=C1. The van der Waals surface area contributed by atoms with Crippen LogP contribution in [-0.4, -0.2) is 21.5 Å². The van der Waals surface area contributed by atoms with E-state index in [4.69, 9.17) is 5.11 Å². The highest BCUT2D eigenvalue weighted by atomic mass is 19.4. The monoisotopic (exact) mass is 256 g/mol. The minimum Gasteiger partial charge on any atom is -0.392 e. The lowest BCUT2D eigenvalue weighted by Crippen LogP contribution is -2.03. The molecule has 18 heavy (non-hydrogen) atoms. The highest BCUT2D eigenvalue weighted by Crippen LogP contribution is 2.29. The summed E-state index contributed by atoms with van der Waals surface area (Å²) < 4.78 is 38.5. The average Bonchev–Trinajstić information content (AvgIpc) is 2.68. The summed E-state index contributed by atoms with van der Waals surface area (Å²) in [6.07, 6.45) is 4.72. The fraction of sp³-hybridized carbons (Fsp3) is 0.250. The molecule has 1 N–H and O–H groups in total. The molecule has 3 nitrogen and oxygen atoms in total. The van der Waals surface area contributed by atoms with Crippen LogP contribution >= 0.6 is 0 Å². The Balaban J connectivity index is 2.24. The molecular formula is C12H11F3N2O. The summed E-state index contributed by atoms with van der Waals surface area (Å²) in [5, 5.41) is 12.7. The third kappa shape index (κ3) is 2.70. The van der Waals surface area contributed by atoms with Crippen molar-refractivity contribution in [3.05, 3.63) is 47.8 Å². The van der Waals surface area contributed by atoms with Gasteiger partial charge in [0.05, 0.1) is 24.1 Å². The number of aromatic nitrogens is 2. The van der Waals surface area contributed by atoms with Gasteiger partial charge in [0, 0.05) is 6.20 Å². The number of allylic oxidation sites excluding steroid dienone is 4. The van der Waals surface area contributed by atoms with Gasteiger partial charge in [-0.1, -0.05) is 18.2 Å². The summed E-state index contributed by atoms with van der Waals surface area (Å²) in [5.74, 6) is 0. The second kappa shape index (κ2) is 4.81. The lowest BCUT2D eigenvalue weighted by atomic mass is 10.2. The van der Waals surface area contributed by atoms with E-state index in [-0.39, 0.29) is 6.61 Å². The van der Waals surface area contributed by atoms with Crippen LogP contribution in [0.3, 0.4) is 0 Å². The Morgan fingerprint density at radius 3 is 2.67 bits per heavy atom. The molecule has 0 fully saturated rings. The quantitative estimate of drug-likeness (QED) is 0.883. The van der Waals surface area contributed by atoms with Gasteiger partial charge in [-0.15, -0.1) is 0 Å². The number of halogens is 3. The Hall–Kier alpha value is -1.82. The molecule has 0 saturated carbocycles. The van der Waals surface area contributed by atoms with Crippen molar-refractivity contribution in [3.8, 4) is 0 Å². The molecule has 0 amide bonds. The fourth-order valence-corrected chi connectivity index (χ4v) is 1.56. The summed E-state index contributed by atoms with van der Waals surface area (Å²) >= 11 is 0. The number of rotatable bonds is 2. The second-order valence-corrected chi connectivity index (χ2v) is 3.81. The van der Waals surface area contributed by atoms with Crippen LogP contribution in [0.25, 0.3) is 5.70 Å². The van der Waals surface area contributed by atoms with Crippen molar-refractivity contribution in [2.45, 2.75) is 12.6 Å². The first-order valence-electron chi connectivity index (χ1n) is 5.31. The third-order valence-corrected chi connectivity index (χ3v) is 2.53. The Morgan fingerprint density at radius 1 is 1.28 bits per heavy atom. The molecule has 1 heterocycles. The minimum atomic E-state index is -4.39. The van der Waals surface area contributed by atoms with Crippen LogP contribution in [0.1, 0.15) is 12.0 Å². The van der Waals surface area contributed by atoms with Gasteiger partial charge in [-0.3, -0.25) is 0 Å². The number of hydrogen-bond acceptors (Lipinski definition) is 2. The first-order valence-corrected chi connectivity index (χ1v) is 5.31. The molecule has 0 unspecified atom stereocenters. The minimum absolute atomic E-state index is 0.0927. The third-order valence-electron chi connectivity index (χ3n) is 2.53. The Morgan fingerprint density at radius 2 is 2.06 bits per heavy atom. The Labute approximate surface area is 102 Å². The smallest absolute Gasteiger partial charge is 0.392 e. The molecule has 1 aromatic rings. The maximum Gasteiger partial charge on any atom is 0.419 e. The van der Waals surface area contributed by atoms with Gasteiger partial charge < -0.3 is 5.11 Å². The summed E-state index contributed by atoms with van der Waals surface area (Å²) in [6, 6.07) is 0. The van der Waals surface area contributed by atoms with Crippen LogP contribution in [0, 0.1) is 0 Å². The van der Waals surface area contributed by atoms with Gasteiger partial charge in [-0.25, -0.2) is 4.68 Å². The van der Waals surface area contributed by atoms with Crippen LogP contribution in [0.4, 0.5) is 13.2 Å². The Kier molecular flexibility index (Phi) is 3.38. The van der Waals surface area contributed by atoms with Crippen molar-refractivity contribution >= 4 is 5.70 Å². The number of alkyl halides is 3. The van der Waals surface area contributed by atoms with Crippen LogP contribution in [0.5, 0.6) is 0 Å². The second-order valence-electron chi connectivity index (χ2n) is 3.81. The Bertz CT molecular complexity index is 524. The van der Waals surface area contributed by atoms with Crippen LogP contribution < -0.4 is 0 Å². The zero-order valence-corrected chi connectivity index (χ0v) is 9.35. The van der Waals surface area contributed by atoms with Gasteiger partial charge in [0.15, 0.2) is 0 Å². The van der Waals surface area contributed by atoms with E-state index >= 15 is 0 Å². The highest BCUT2D eigenvalue weighted by Gasteiger charge is 2.32. The molecule has 0 spiro atoms.